The van der Waals surface area contributed by atoms with Crippen LogP contribution in [0.15, 0.2) is 42.5 Å². The van der Waals surface area contributed by atoms with E-state index in [1.807, 2.05) is 6.07 Å². The minimum absolute atomic E-state index is 0.0371. The van der Waals surface area contributed by atoms with E-state index >= 15 is 0 Å². The van der Waals surface area contributed by atoms with E-state index in [0.29, 0.717) is 12.2 Å². The Morgan fingerprint density at radius 2 is 1.85 bits per heavy atom. The van der Waals surface area contributed by atoms with Gasteiger partial charge in [-0.1, -0.05) is 6.07 Å². The van der Waals surface area contributed by atoms with Gasteiger partial charge in [0.25, 0.3) is 0 Å². The number of anilines is 2. The molecule has 1 atom stereocenters. The Hall–Kier alpha value is -2.89. The molecule has 1 heterocycles. The Labute approximate surface area is 151 Å². The van der Waals surface area contributed by atoms with E-state index in [1.165, 1.54) is 35.4 Å². The molecule has 2 N–H and O–H groups in total. The highest BCUT2D eigenvalue weighted by atomic mass is 19.1. The second kappa shape index (κ2) is 6.78. The maximum atomic E-state index is 12.9. The zero-order chi connectivity index (χ0) is 18.1. The van der Waals surface area contributed by atoms with Gasteiger partial charge in [0.2, 0.25) is 11.8 Å². The van der Waals surface area contributed by atoms with Gasteiger partial charge in [-0.25, -0.2) is 4.39 Å². The minimum Gasteiger partial charge on any atom is -0.312 e. The highest BCUT2D eigenvalue weighted by molar-refractivity contribution is 6.00. The fourth-order valence-corrected chi connectivity index (χ4v) is 3.63. The molecule has 0 saturated carbocycles. The maximum Gasteiger partial charge on any atom is 0.243 e. The number of benzene rings is 2. The maximum absolute atomic E-state index is 12.9. The van der Waals surface area contributed by atoms with Crippen molar-refractivity contribution in [2.24, 2.45) is 5.92 Å². The Kier molecular flexibility index (Phi) is 4.32. The van der Waals surface area contributed by atoms with Crippen LogP contribution in [-0.2, 0) is 22.4 Å². The number of halogens is 1. The summed E-state index contributed by atoms with van der Waals surface area (Å²) in [4.78, 5) is 26.4. The lowest BCUT2D eigenvalue weighted by Gasteiger charge is -2.18. The normalized spacial score (nSPS) is 18.7. The Balaban J connectivity index is 1.39. The van der Waals surface area contributed by atoms with Crippen molar-refractivity contribution in [2.75, 3.05) is 16.9 Å². The number of carbonyl (C=O) groups is 2. The molecule has 1 saturated heterocycles. The number of hydrogen-bond acceptors (Lipinski definition) is 3. The van der Waals surface area contributed by atoms with Crippen molar-refractivity contribution in [2.45, 2.75) is 25.7 Å². The third-order valence-electron chi connectivity index (χ3n) is 5.06. The molecule has 0 bridgehead atoms. The van der Waals surface area contributed by atoms with E-state index in [9.17, 15) is 14.0 Å². The summed E-state index contributed by atoms with van der Waals surface area (Å²) >= 11 is 0. The van der Waals surface area contributed by atoms with E-state index < -0.39 is 5.92 Å². The molecule has 0 radical (unpaired) electrons. The number of nitrogens with zero attached hydrogens (tertiary/aromatic N) is 1. The Bertz CT molecular complexity index is 851. The summed E-state index contributed by atoms with van der Waals surface area (Å²) in [5, 5.41) is 0. The molecule has 0 aromatic heterocycles. The van der Waals surface area contributed by atoms with Gasteiger partial charge in [0.05, 0.1) is 11.6 Å². The van der Waals surface area contributed by atoms with Crippen molar-refractivity contribution in [3.8, 4) is 0 Å². The number of nitrogens with one attached hydrogen (secondary N) is 2. The van der Waals surface area contributed by atoms with Crippen molar-refractivity contribution in [1.82, 2.24) is 5.43 Å². The topological polar surface area (TPSA) is 61.4 Å². The molecular formula is C20H20FN3O2. The third-order valence-corrected chi connectivity index (χ3v) is 5.06. The summed E-state index contributed by atoms with van der Waals surface area (Å²) in [5.41, 5.74) is 9.48. The molecule has 1 aliphatic heterocycles. The molecule has 134 valence electrons. The molecule has 1 aliphatic carbocycles. The number of fused-ring (bicyclic) bond motifs is 1. The summed E-state index contributed by atoms with van der Waals surface area (Å²) in [6.45, 7) is 0.370. The van der Waals surface area contributed by atoms with Crippen LogP contribution in [0.5, 0.6) is 0 Å². The first-order valence-electron chi connectivity index (χ1n) is 8.84. The van der Waals surface area contributed by atoms with Gasteiger partial charge < -0.3 is 4.90 Å². The molecule has 6 heteroatoms. The number of aryl methyl sites for hydroxylation is 2. The molecule has 1 fully saturated rings. The monoisotopic (exact) mass is 353 g/mol. The lowest BCUT2D eigenvalue weighted by molar-refractivity contribution is -0.125. The van der Waals surface area contributed by atoms with Crippen LogP contribution < -0.4 is 15.8 Å². The average molecular weight is 353 g/mol. The largest absolute Gasteiger partial charge is 0.312 e. The quantitative estimate of drug-likeness (QED) is 0.831. The number of carbonyl (C=O) groups excluding carboxylic acids is 2. The molecule has 2 aliphatic rings. The third kappa shape index (κ3) is 3.27. The first kappa shape index (κ1) is 16.6. The van der Waals surface area contributed by atoms with E-state index in [-0.39, 0.29) is 24.1 Å². The van der Waals surface area contributed by atoms with Crippen LogP contribution in [0.1, 0.15) is 24.0 Å². The highest BCUT2D eigenvalue weighted by Gasteiger charge is 2.35. The number of hydrogen-bond donors (Lipinski definition) is 2. The predicted molar refractivity (Wildman–Crippen MR) is 97.1 cm³/mol. The molecular weight excluding hydrogens is 333 g/mol. The zero-order valence-corrected chi connectivity index (χ0v) is 14.3. The first-order valence-corrected chi connectivity index (χ1v) is 8.84. The summed E-state index contributed by atoms with van der Waals surface area (Å²) < 4.78 is 12.9. The van der Waals surface area contributed by atoms with Gasteiger partial charge in [-0.05, 0) is 66.8 Å². The van der Waals surface area contributed by atoms with Crippen LogP contribution in [0.3, 0.4) is 0 Å². The highest BCUT2D eigenvalue weighted by Crippen LogP contribution is 2.30. The fraction of sp³-hybridized carbons (Fsp3) is 0.300. The lowest BCUT2D eigenvalue weighted by atomic mass is 10.1. The SMILES string of the molecule is O=C(NNc1ccc(F)cc1)[C@H]1CC(=O)N(c2ccc3c(c2)CCC3)C1. The van der Waals surface area contributed by atoms with Crippen molar-refractivity contribution in [3.63, 3.8) is 0 Å². The van der Waals surface area contributed by atoms with Gasteiger partial charge in [-0.2, -0.15) is 0 Å². The lowest BCUT2D eigenvalue weighted by Crippen LogP contribution is -2.36. The molecule has 2 amide bonds. The van der Waals surface area contributed by atoms with Gasteiger partial charge in [0.15, 0.2) is 0 Å². The smallest absolute Gasteiger partial charge is 0.243 e. The van der Waals surface area contributed by atoms with Gasteiger partial charge in [-0.3, -0.25) is 20.4 Å². The first-order chi connectivity index (χ1) is 12.6. The van der Waals surface area contributed by atoms with Crippen LogP contribution in [0.25, 0.3) is 0 Å². The van der Waals surface area contributed by atoms with Crippen LogP contribution >= 0.6 is 0 Å². The molecule has 5 nitrogen and oxygen atoms in total. The van der Waals surface area contributed by atoms with E-state index in [0.717, 1.165) is 24.9 Å². The minimum atomic E-state index is -0.413. The van der Waals surface area contributed by atoms with Crippen molar-refractivity contribution in [1.29, 1.82) is 0 Å². The number of amides is 2. The van der Waals surface area contributed by atoms with Crippen molar-refractivity contribution in [3.05, 3.63) is 59.4 Å². The summed E-state index contributed by atoms with van der Waals surface area (Å²) in [6, 6.07) is 11.8. The van der Waals surface area contributed by atoms with Crippen LogP contribution in [0.2, 0.25) is 0 Å². The number of rotatable bonds is 4. The van der Waals surface area contributed by atoms with Crippen LogP contribution in [-0.4, -0.2) is 18.4 Å². The second-order valence-corrected chi connectivity index (χ2v) is 6.83. The van der Waals surface area contributed by atoms with Gasteiger partial charge >= 0.3 is 0 Å². The van der Waals surface area contributed by atoms with E-state index in [2.05, 4.69) is 23.0 Å². The van der Waals surface area contributed by atoms with Crippen molar-refractivity contribution >= 4 is 23.2 Å². The second-order valence-electron chi connectivity index (χ2n) is 6.83. The van der Waals surface area contributed by atoms with Gasteiger partial charge in [0.1, 0.15) is 5.82 Å². The molecule has 2 aromatic rings. The molecule has 4 rings (SSSR count). The summed E-state index contributed by atoms with van der Waals surface area (Å²) in [5.74, 6) is -1.03. The molecule has 0 spiro atoms. The summed E-state index contributed by atoms with van der Waals surface area (Å²) in [7, 11) is 0. The molecule has 26 heavy (non-hydrogen) atoms. The average Bonchev–Trinajstić information content (AvgIpc) is 3.26. The van der Waals surface area contributed by atoms with Gasteiger partial charge in [-0.15, -0.1) is 0 Å². The van der Waals surface area contributed by atoms with Gasteiger partial charge in [0, 0.05) is 18.7 Å². The van der Waals surface area contributed by atoms with E-state index in [4.69, 9.17) is 0 Å². The zero-order valence-electron chi connectivity index (χ0n) is 14.3. The Morgan fingerprint density at radius 1 is 1.08 bits per heavy atom. The molecule has 2 aromatic carbocycles. The Morgan fingerprint density at radius 3 is 2.65 bits per heavy atom. The number of hydrazine groups is 1. The van der Waals surface area contributed by atoms with Crippen LogP contribution in [0, 0.1) is 11.7 Å². The standard InChI is InChI=1S/C20H20FN3O2/c21-16-5-7-17(8-6-16)22-23-20(26)15-11-19(25)24(12-15)18-9-4-13-2-1-3-14(13)10-18/h4-10,15,22H,1-3,11-12H2,(H,23,26)/t15-/m0/s1. The van der Waals surface area contributed by atoms with E-state index in [1.54, 1.807) is 4.90 Å². The molecule has 0 unspecified atom stereocenters. The predicted octanol–water partition coefficient (Wildman–Crippen LogP) is 2.81. The fourth-order valence-electron chi connectivity index (χ4n) is 3.63. The summed E-state index contributed by atoms with van der Waals surface area (Å²) in [6.07, 6.45) is 3.50. The van der Waals surface area contributed by atoms with Crippen molar-refractivity contribution < 1.29 is 14.0 Å². The van der Waals surface area contributed by atoms with Crippen LogP contribution in [0.4, 0.5) is 15.8 Å².